The first-order chi connectivity index (χ1) is 7.89. The van der Waals surface area contributed by atoms with Gasteiger partial charge in [0.2, 0.25) is 0 Å². The molecule has 0 spiro atoms. The second kappa shape index (κ2) is 4.54. The Morgan fingerprint density at radius 3 is 2.71 bits per heavy atom. The molecular weight excluding hydrogens is 230 g/mol. The van der Waals surface area contributed by atoms with Gasteiger partial charge in [0.05, 0.1) is 10.8 Å². The molecule has 0 amide bonds. The van der Waals surface area contributed by atoms with Crippen molar-refractivity contribution < 1.29 is 4.21 Å². The van der Waals surface area contributed by atoms with E-state index in [-0.39, 0.29) is 11.5 Å². The van der Waals surface area contributed by atoms with Crippen LogP contribution in [0.15, 0.2) is 23.1 Å². The van der Waals surface area contributed by atoms with Crippen LogP contribution in [-0.2, 0) is 16.2 Å². The van der Waals surface area contributed by atoms with Crippen LogP contribution in [0.4, 0.5) is 0 Å². The highest BCUT2D eigenvalue weighted by molar-refractivity contribution is 7.85. The molecule has 3 heteroatoms. The maximum absolute atomic E-state index is 12.1. The minimum Gasteiger partial charge on any atom is -0.324 e. The summed E-state index contributed by atoms with van der Waals surface area (Å²) >= 11 is 0. The first-order valence-electron chi connectivity index (χ1n) is 6.18. The maximum Gasteiger partial charge on any atom is 0.0532 e. The molecule has 2 rings (SSSR count). The molecule has 0 aliphatic carbocycles. The van der Waals surface area contributed by atoms with Crippen molar-refractivity contribution in [2.75, 3.05) is 5.75 Å². The first kappa shape index (κ1) is 12.8. The number of benzene rings is 1. The molecule has 2 unspecified atom stereocenters. The van der Waals surface area contributed by atoms with Crippen molar-refractivity contribution in [1.82, 2.24) is 0 Å². The van der Waals surface area contributed by atoms with Gasteiger partial charge in [0.1, 0.15) is 0 Å². The molecule has 0 fully saturated rings. The van der Waals surface area contributed by atoms with Gasteiger partial charge in [-0.2, -0.15) is 0 Å². The summed E-state index contributed by atoms with van der Waals surface area (Å²) in [4.78, 5) is 0.947. The molecular formula is C14H21NOS. The summed E-state index contributed by atoms with van der Waals surface area (Å²) in [6, 6.07) is 6.30. The molecule has 1 aromatic rings. The summed E-state index contributed by atoms with van der Waals surface area (Å²) in [5.41, 5.74) is 8.66. The fourth-order valence-electron chi connectivity index (χ4n) is 2.21. The van der Waals surface area contributed by atoms with Gasteiger partial charge in [0.25, 0.3) is 0 Å². The van der Waals surface area contributed by atoms with Crippen molar-refractivity contribution in [2.45, 2.75) is 50.0 Å². The van der Waals surface area contributed by atoms with Crippen molar-refractivity contribution in [3.05, 3.63) is 29.3 Å². The number of nitrogens with two attached hydrogens (primary N) is 1. The number of hydrogen-bond acceptors (Lipinski definition) is 2. The Morgan fingerprint density at radius 2 is 2.06 bits per heavy atom. The lowest BCUT2D eigenvalue weighted by molar-refractivity contribution is 0.582. The Hall–Kier alpha value is -0.670. The second-order valence-corrected chi connectivity index (χ2v) is 7.34. The minimum atomic E-state index is -0.868. The highest BCUT2D eigenvalue weighted by atomic mass is 32.2. The van der Waals surface area contributed by atoms with Gasteiger partial charge in [0.15, 0.2) is 0 Å². The fourth-order valence-corrected chi connectivity index (χ4v) is 3.55. The Balaban J connectivity index is 2.53. The molecule has 1 aliphatic heterocycles. The van der Waals surface area contributed by atoms with E-state index >= 15 is 0 Å². The lowest BCUT2D eigenvalue weighted by Crippen LogP contribution is -2.15. The molecule has 1 aliphatic rings. The first-order valence-corrected chi connectivity index (χ1v) is 7.50. The lowest BCUT2D eigenvalue weighted by atomic mass is 9.85. The van der Waals surface area contributed by atoms with Crippen molar-refractivity contribution in [3.8, 4) is 0 Å². The highest BCUT2D eigenvalue weighted by Crippen LogP contribution is 2.32. The van der Waals surface area contributed by atoms with E-state index in [1.54, 1.807) is 0 Å². The molecule has 0 saturated heterocycles. The topological polar surface area (TPSA) is 43.1 Å². The Labute approximate surface area is 106 Å². The third kappa shape index (κ3) is 2.61. The van der Waals surface area contributed by atoms with E-state index in [9.17, 15) is 4.21 Å². The summed E-state index contributed by atoms with van der Waals surface area (Å²) in [6.45, 7) is 6.57. The van der Waals surface area contributed by atoms with Crippen molar-refractivity contribution >= 4 is 10.8 Å². The average molecular weight is 251 g/mol. The average Bonchev–Trinajstić information content (AvgIpc) is 2.39. The molecule has 0 bridgehead atoms. The second-order valence-electron chi connectivity index (χ2n) is 5.80. The van der Waals surface area contributed by atoms with Gasteiger partial charge >= 0.3 is 0 Å². The Bertz CT molecular complexity index is 448. The van der Waals surface area contributed by atoms with E-state index in [2.05, 4.69) is 32.9 Å². The highest BCUT2D eigenvalue weighted by Gasteiger charge is 2.22. The summed E-state index contributed by atoms with van der Waals surface area (Å²) < 4.78 is 12.1. The van der Waals surface area contributed by atoms with E-state index in [1.165, 1.54) is 5.56 Å². The van der Waals surface area contributed by atoms with E-state index in [4.69, 9.17) is 5.73 Å². The molecule has 0 radical (unpaired) electrons. The molecule has 94 valence electrons. The van der Waals surface area contributed by atoms with Gasteiger partial charge in [-0.3, -0.25) is 4.21 Å². The SMILES string of the molecule is CC(C)(C)c1ccc2c(c1)C(N)CCCS2=O. The minimum absolute atomic E-state index is 0.0405. The number of hydrogen-bond donors (Lipinski definition) is 1. The van der Waals surface area contributed by atoms with Crippen LogP contribution in [0.2, 0.25) is 0 Å². The van der Waals surface area contributed by atoms with E-state index < -0.39 is 10.8 Å². The maximum atomic E-state index is 12.1. The lowest BCUT2D eigenvalue weighted by Gasteiger charge is -2.22. The van der Waals surface area contributed by atoms with Gasteiger partial charge in [-0.15, -0.1) is 0 Å². The van der Waals surface area contributed by atoms with Crippen LogP contribution in [0.5, 0.6) is 0 Å². The third-order valence-corrected chi connectivity index (χ3v) is 4.89. The predicted molar refractivity (Wildman–Crippen MR) is 72.6 cm³/mol. The summed E-state index contributed by atoms with van der Waals surface area (Å²) in [5, 5.41) is 0. The molecule has 2 nitrogen and oxygen atoms in total. The zero-order valence-electron chi connectivity index (χ0n) is 10.8. The Kier molecular flexibility index (Phi) is 3.41. The van der Waals surface area contributed by atoms with E-state index in [0.29, 0.717) is 0 Å². The van der Waals surface area contributed by atoms with Crippen molar-refractivity contribution in [3.63, 3.8) is 0 Å². The van der Waals surface area contributed by atoms with E-state index in [1.807, 2.05) is 6.07 Å². The van der Waals surface area contributed by atoms with E-state index in [0.717, 1.165) is 29.1 Å². The Morgan fingerprint density at radius 1 is 1.35 bits per heavy atom. The standard InChI is InChI=1S/C14H21NOS/c1-14(2,3)10-6-7-13-11(9-10)12(15)5-4-8-17(13)16/h6-7,9,12H,4-5,8,15H2,1-3H3. The van der Waals surface area contributed by atoms with Gasteiger partial charge in [-0.05, 0) is 35.4 Å². The predicted octanol–water partition coefficient (Wildman–Crippen LogP) is 2.89. The summed E-state index contributed by atoms with van der Waals surface area (Å²) in [7, 11) is -0.868. The molecule has 2 atom stereocenters. The largest absolute Gasteiger partial charge is 0.324 e. The van der Waals surface area contributed by atoms with Crippen LogP contribution < -0.4 is 5.73 Å². The molecule has 17 heavy (non-hydrogen) atoms. The smallest absolute Gasteiger partial charge is 0.0532 e. The zero-order valence-corrected chi connectivity index (χ0v) is 11.6. The van der Waals surface area contributed by atoms with Gasteiger partial charge in [0, 0.05) is 16.7 Å². The molecule has 2 N–H and O–H groups in total. The summed E-state index contributed by atoms with van der Waals surface area (Å²) in [5.74, 6) is 0.746. The van der Waals surface area contributed by atoms with Crippen LogP contribution >= 0.6 is 0 Å². The fraction of sp³-hybridized carbons (Fsp3) is 0.571. The van der Waals surface area contributed by atoms with Crippen LogP contribution in [0, 0.1) is 0 Å². The van der Waals surface area contributed by atoms with Crippen LogP contribution in [0.25, 0.3) is 0 Å². The van der Waals surface area contributed by atoms with Crippen molar-refractivity contribution in [1.29, 1.82) is 0 Å². The van der Waals surface area contributed by atoms with Gasteiger partial charge in [-0.25, -0.2) is 0 Å². The summed E-state index contributed by atoms with van der Waals surface area (Å²) in [6.07, 6.45) is 1.89. The quantitative estimate of drug-likeness (QED) is 0.770. The van der Waals surface area contributed by atoms with Crippen LogP contribution in [0.1, 0.15) is 50.8 Å². The molecule has 0 saturated carbocycles. The number of rotatable bonds is 0. The van der Waals surface area contributed by atoms with Gasteiger partial charge < -0.3 is 5.73 Å². The third-order valence-electron chi connectivity index (χ3n) is 3.37. The van der Waals surface area contributed by atoms with Gasteiger partial charge in [-0.1, -0.05) is 32.9 Å². The zero-order chi connectivity index (χ0) is 12.6. The number of fused-ring (bicyclic) bond motifs is 1. The molecule has 1 aromatic carbocycles. The molecule has 0 aromatic heterocycles. The van der Waals surface area contributed by atoms with Crippen molar-refractivity contribution in [2.24, 2.45) is 5.73 Å². The monoisotopic (exact) mass is 251 g/mol. The molecule has 1 heterocycles. The normalized spacial score (nSPS) is 25.2. The van der Waals surface area contributed by atoms with Crippen LogP contribution in [-0.4, -0.2) is 9.96 Å². The van der Waals surface area contributed by atoms with Crippen LogP contribution in [0.3, 0.4) is 0 Å².